The molecule has 0 saturated carbocycles. The minimum atomic E-state index is -0.121. The van der Waals surface area contributed by atoms with Crippen molar-refractivity contribution in [2.45, 2.75) is 13.5 Å². The van der Waals surface area contributed by atoms with E-state index >= 15 is 0 Å². The van der Waals surface area contributed by atoms with Crippen molar-refractivity contribution in [3.63, 3.8) is 0 Å². The molecule has 2 aromatic rings. The Hall–Kier alpha value is -2.82. The topological polar surface area (TPSA) is 64.6 Å². The summed E-state index contributed by atoms with van der Waals surface area (Å²) in [7, 11) is 1.57. The molecular weight excluding hydrogens is 282 g/mol. The second-order valence-corrected chi connectivity index (χ2v) is 4.68. The van der Waals surface area contributed by atoms with E-state index in [-0.39, 0.29) is 12.5 Å². The molecule has 0 aliphatic rings. The first-order chi connectivity index (χ1) is 10.6. The maximum Gasteiger partial charge on any atom is 0.221 e. The van der Waals surface area contributed by atoms with Crippen LogP contribution in [0.5, 0.6) is 11.5 Å². The van der Waals surface area contributed by atoms with E-state index in [2.05, 4.69) is 5.32 Å². The zero-order chi connectivity index (χ0) is 15.9. The van der Waals surface area contributed by atoms with Crippen LogP contribution < -0.4 is 14.8 Å². The molecule has 0 saturated heterocycles. The van der Waals surface area contributed by atoms with Crippen molar-refractivity contribution in [3.8, 4) is 11.5 Å². The predicted molar refractivity (Wildman–Crippen MR) is 83.5 cm³/mol. The van der Waals surface area contributed by atoms with Crippen molar-refractivity contribution >= 4 is 17.9 Å². The molecule has 0 radical (unpaired) electrons. The Labute approximate surface area is 128 Å². The number of ether oxygens (including phenoxy) is 2. The van der Waals surface area contributed by atoms with Crippen molar-refractivity contribution in [1.82, 2.24) is 0 Å². The van der Waals surface area contributed by atoms with Crippen molar-refractivity contribution in [2.75, 3.05) is 12.4 Å². The first-order valence-electron chi connectivity index (χ1n) is 6.75. The summed E-state index contributed by atoms with van der Waals surface area (Å²) in [5, 5.41) is 2.69. The van der Waals surface area contributed by atoms with Gasteiger partial charge in [-0.3, -0.25) is 9.59 Å². The number of nitrogens with one attached hydrogen (secondary N) is 1. The van der Waals surface area contributed by atoms with E-state index in [0.29, 0.717) is 22.7 Å². The van der Waals surface area contributed by atoms with E-state index in [9.17, 15) is 9.59 Å². The summed E-state index contributed by atoms with van der Waals surface area (Å²) in [4.78, 5) is 21.8. The van der Waals surface area contributed by atoms with Crippen LogP contribution in [-0.2, 0) is 11.4 Å². The van der Waals surface area contributed by atoms with Gasteiger partial charge in [-0.1, -0.05) is 0 Å². The number of carbonyl (C=O) groups is 2. The number of benzene rings is 2. The van der Waals surface area contributed by atoms with E-state index in [4.69, 9.17) is 9.47 Å². The van der Waals surface area contributed by atoms with Crippen LogP contribution in [0, 0.1) is 0 Å². The highest BCUT2D eigenvalue weighted by molar-refractivity contribution is 5.88. The molecule has 0 unspecified atom stereocenters. The van der Waals surface area contributed by atoms with Gasteiger partial charge in [0.05, 0.1) is 7.11 Å². The molecule has 0 spiro atoms. The van der Waals surface area contributed by atoms with Gasteiger partial charge in [-0.15, -0.1) is 0 Å². The maximum absolute atomic E-state index is 11.0. The van der Waals surface area contributed by atoms with Crippen LogP contribution >= 0.6 is 0 Å². The Morgan fingerprint density at radius 2 is 1.91 bits per heavy atom. The highest BCUT2D eigenvalue weighted by Gasteiger charge is 2.06. The van der Waals surface area contributed by atoms with Gasteiger partial charge >= 0.3 is 0 Å². The lowest BCUT2D eigenvalue weighted by Crippen LogP contribution is -2.05. The molecular formula is C17H17NO4. The first kappa shape index (κ1) is 15.6. The van der Waals surface area contributed by atoms with Crippen LogP contribution in [0.4, 0.5) is 5.69 Å². The number of hydrogen-bond donors (Lipinski definition) is 1. The number of anilines is 1. The van der Waals surface area contributed by atoms with Crippen molar-refractivity contribution in [3.05, 3.63) is 53.6 Å². The lowest BCUT2D eigenvalue weighted by atomic mass is 10.1. The third-order valence-corrected chi connectivity index (χ3v) is 3.01. The smallest absolute Gasteiger partial charge is 0.221 e. The van der Waals surface area contributed by atoms with Gasteiger partial charge in [-0.2, -0.15) is 0 Å². The molecule has 0 aromatic heterocycles. The lowest BCUT2D eigenvalue weighted by molar-refractivity contribution is -0.114. The number of hydrogen-bond acceptors (Lipinski definition) is 4. The number of amides is 1. The SMILES string of the molecule is COc1ccc(C=O)cc1COc1ccc(NC(C)=O)cc1. The Kier molecular flexibility index (Phi) is 5.14. The summed E-state index contributed by atoms with van der Waals surface area (Å²) in [6.07, 6.45) is 0.783. The van der Waals surface area contributed by atoms with Crippen LogP contribution in [-0.4, -0.2) is 19.3 Å². The zero-order valence-electron chi connectivity index (χ0n) is 12.5. The number of rotatable bonds is 6. The fourth-order valence-electron chi connectivity index (χ4n) is 1.98. The fourth-order valence-corrected chi connectivity index (χ4v) is 1.98. The van der Waals surface area contributed by atoms with Crippen LogP contribution in [0.2, 0.25) is 0 Å². The monoisotopic (exact) mass is 299 g/mol. The number of aldehydes is 1. The lowest BCUT2D eigenvalue weighted by Gasteiger charge is -2.11. The minimum absolute atomic E-state index is 0.121. The fraction of sp³-hybridized carbons (Fsp3) is 0.176. The summed E-state index contributed by atoms with van der Waals surface area (Å²) in [6.45, 7) is 1.74. The molecule has 0 atom stereocenters. The van der Waals surface area contributed by atoms with Gasteiger partial charge in [0.15, 0.2) is 0 Å². The summed E-state index contributed by atoms with van der Waals surface area (Å²) < 4.78 is 10.9. The van der Waals surface area contributed by atoms with E-state index in [1.54, 1.807) is 49.6 Å². The van der Waals surface area contributed by atoms with Gasteiger partial charge in [0.1, 0.15) is 24.4 Å². The standard InChI is InChI=1S/C17H17NO4/c1-12(20)18-15-4-6-16(7-5-15)22-11-14-9-13(10-19)3-8-17(14)21-2/h3-10H,11H2,1-2H3,(H,18,20). The van der Waals surface area contributed by atoms with Gasteiger partial charge in [0, 0.05) is 23.7 Å². The quantitative estimate of drug-likeness (QED) is 0.833. The van der Waals surface area contributed by atoms with Gasteiger partial charge < -0.3 is 14.8 Å². The van der Waals surface area contributed by atoms with E-state index in [1.807, 2.05) is 0 Å². The predicted octanol–water partition coefficient (Wildman–Crippen LogP) is 3.05. The summed E-state index contributed by atoms with van der Waals surface area (Å²) in [5.74, 6) is 1.21. The highest BCUT2D eigenvalue weighted by atomic mass is 16.5. The molecule has 5 nitrogen and oxygen atoms in total. The molecule has 2 rings (SSSR count). The molecule has 0 aliphatic carbocycles. The van der Waals surface area contributed by atoms with Crippen molar-refractivity contribution in [2.24, 2.45) is 0 Å². The molecule has 114 valence electrons. The van der Waals surface area contributed by atoms with Crippen molar-refractivity contribution < 1.29 is 19.1 Å². The molecule has 0 aliphatic heterocycles. The van der Waals surface area contributed by atoms with Crippen LogP contribution in [0.1, 0.15) is 22.8 Å². The average molecular weight is 299 g/mol. The zero-order valence-corrected chi connectivity index (χ0v) is 12.5. The van der Waals surface area contributed by atoms with Crippen LogP contribution in [0.15, 0.2) is 42.5 Å². The minimum Gasteiger partial charge on any atom is -0.496 e. The van der Waals surface area contributed by atoms with Gasteiger partial charge in [0.2, 0.25) is 5.91 Å². The van der Waals surface area contributed by atoms with Crippen molar-refractivity contribution in [1.29, 1.82) is 0 Å². The second-order valence-electron chi connectivity index (χ2n) is 4.68. The first-order valence-corrected chi connectivity index (χ1v) is 6.75. The average Bonchev–Trinajstić information content (AvgIpc) is 2.53. The Morgan fingerprint density at radius 1 is 1.18 bits per heavy atom. The van der Waals surface area contributed by atoms with Crippen LogP contribution in [0.25, 0.3) is 0 Å². The van der Waals surface area contributed by atoms with Gasteiger partial charge in [0.25, 0.3) is 0 Å². The largest absolute Gasteiger partial charge is 0.496 e. The molecule has 1 amide bonds. The van der Waals surface area contributed by atoms with Gasteiger partial charge in [-0.05, 0) is 42.5 Å². The molecule has 2 aromatic carbocycles. The Morgan fingerprint density at radius 3 is 2.50 bits per heavy atom. The second kappa shape index (κ2) is 7.26. The third kappa shape index (κ3) is 4.09. The molecule has 1 N–H and O–H groups in total. The van der Waals surface area contributed by atoms with E-state index in [0.717, 1.165) is 11.8 Å². The normalized spacial score (nSPS) is 9.91. The highest BCUT2D eigenvalue weighted by Crippen LogP contribution is 2.22. The Balaban J connectivity index is 2.06. The molecule has 0 bridgehead atoms. The van der Waals surface area contributed by atoms with Crippen LogP contribution in [0.3, 0.4) is 0 Å². The Bertz CT molecular complexity index is 665. The number of carbonyl (C=O) groups excluding carboxylic acids is 2. The molecule has 5 heteroatoms. The molecule has 22 heavy (non-hydrogen) atoms. The van der Waals surface area contributed by atoms with Gasteiger partial charge in [-0.25, -0.2) is 0 Å². The molecule has 0 fully saturated rings. The number of methoxy groups -OCH3 is 1. The molecule has 0 heterocycles. The van der Waals surface area contributed by atoms with E-state index in [1.165, 1.54) is 6.92 Å². The van der Waals surface area contributed by atoms with E-state index < -0.39 is 0 Å². The summed E-state index contributed by atoms with van der Waals surface area (Å²) >= 11 is 0. The summed E-state index contributed by atoms with van der Waals surface area (Å²) in [5.41, 5.74) is 2.07. The summed E-state index contributed by atoms with van der Waals surface area (Å²) in [6, 6.07) is 12.2. The maximum atomic E-state index is 11.0. The third-order valence-electron chi connectivity index (χ3n) is 3.01.